The third kappa shape index (κ3) is 1.84. The second kappa shape index (κ2) is 2.89. The van der Waals surface area contributed by atoms with E-state index in [2.05, 4.69) is 0 Å². The molecule has 0 aromatic rings. The van der Waals surface area contributed by atoms with Gasteiger partial charge in [0.25, 0.3) is 0 Å². The molecule has 0 heterocycles. The summed E-state index contributed by atoms with van der Waals surface area (Å²) in [7, 11) is 0. The summed E-state index contributed by atoms with van der Waals surface area (Å²) in [5, 5.41) is 0. The standard InChI is InChI=1S/C7H14ClN/c8-7(6-9)4-2-1-3-5-7/h1-6,9H2. The van der Waals surface area contributed by atoms with Gasteiger partial charge in [0.05, 0.1) is 4.87 Å². The SMILES string of the molecule is NCC1(Cl)CCCCC1. The van der Waals surface area contributed by atoms with Gasteiger partial charge < -0.3 is 5.73 Å². The van der Waals surface area contributed by atoms with Crippen molar-refractivity contribution in [3.05, 3.63) is 0 Å². The van der Waals surface area contributed by atoms with Gasteiger partial charge in [0, 0.05) is 6.54 Å². The Labute approximate surface area is 61.6 Å². The van der Waals surface area contributed by atoms with Crippen LogP contribution in [0, 0.1) is 0 Å². The van der Waals surface area contributed by atoms with Crippen LogP contribution >= 0.6 is 11.6 Å². The Balaban J connectivity index is 2.37. The Morgan fingerprint density at radius 2 is 1.78 bits per heavy atom. The van der Waals surface area contributed by atoms with E-state index in [1.165, 1.54) is 19.3 Å². The molecule has 0 aliphatic heterocycles. The molecule has 0 radical (unpaired) electrons. The number of hydrogen-bond acceptors (Lipinski definition) is 1. The molecular formula is C7H14ClN. The van der Waals surface area contributed by atoms with Crippen molar-refractivity contribution in [2.75, 3.05) is 6.54 Å². The zero-order valence-corrected chi connectivity index (χ0v) is 6.45. The van der Waals surface area contributed by atoms with Crippen LogP contribution in [0.3, 0.4) is 0 Å². The van der Waals surface area contributed by atoms with E-state index >= 15 is 0 Å². The smallest absolute Gasteiger partial charge is 0.0568 e. The molecule has 1 saturated carbocycles. The molecule has 0 amide bonds. The minimum Gasteiger partial charge on any atom is -0.329 e. The minimum atomic E-state index is -0.0295. The Morgan fingerprint density at radius 3 is 2.11 bits per heavy atom. The Hall–Kier alpha value is 0.250. The van der Waals surface area contributed by atoms with Gasteiger partial charge in [-0.2, -0.15) is 0 Å². The largest absolute Gasteiger partial charge is 0.329 e. The molecule has 0 bridgehead atoms. The van der Waals surface area contributed by atoms with Crippen molar-refractivity contribution in [1.29, 1.82) is 0 Å². The van der Waals surface area contributed by atoms with Gasteiger partial charge in [-0.05, 0) is 12.8 Å². The van der Waals surface area contributed by atoms with E-state index in [1.54, 1.807) is 0 Å². The van der Waals surface area contributed by atoms with Crippen molar-refractivity contribution >= 4 is 11.6 Å². The van der Waals surface area contributed by atoms with E-state index in [4.69, 9.17) is 17.3 Å². The predicted octanol–water partition coefficient (Wildman–Crippen LogP) is 1.89. The molecule has 0 unspecified atom stereocenters. The second-order valence-electron chi connectivity index (χ2n) is 2.92. The van der Waals surface area contributed by atoms with Crippen LogP contribution in [0.2, 0.25) is 0 Å². The van der Waals surface area contributed by atoms with Gasteiger partial charge >= 0.3 is 0 Å². The highest BCUT2D eigenvalue weighted by Gasteiger charge is 2.27. The van der Waals surface area contributed by atoms with E-state index in [0.717, 1.165) is 12.8 Å². The van der Waals surface area contributed by atoms with E-state index < -0.39 is 0 Å². The van der Waals surface area contributed by atoms with Crippen molar-refractivity contribution in [1.82, 2.24) is 0 Å². The second-order valence-corrected chi connectivity index (χ2v) is 3.72. The third-order valence-electron chi connectivity index (χ3n) is 2.12. The number of alkyl halides is 1. The fraction of sp³-hybridized carbons (Fsp3) is 1.00. The van der Waals surface area contributed by atoms with Crippen LogP contribution in [0.15, 0.2) is 0 Å². The highest BCUT2D eigenvalue weighted by atomic mass is 35.5. The summed E-state index contributed by atoms with van der Waals surface area (Å²) >= 11 is 6.13. The van der Waals surface area contributed by atoms with E-state index in [9.17, 15) is 0 Å². The number of nitrogens with two attached hydrogens (primary N) is 1. The quantitative estimate of drug-likeness (QED) is 0.564. The maximum absolute atomic E-state index is 6.13. The lowest BCUT2D eigenvalue weighted by Crippen LogP contribution is -2.33. The Bertz CT molecular complexity index is 86.9. The molecule has 54 valence electrons. The molecule has 2 N–H and O–H groups in total. The van der Waals surface area contributed by atoms with Gasteiger partial charge in [-0.1, -0.05) is 19.3 Å². The maximum atomic E-state index is 6.13. The molecule has 1 aliphatic carbocycles. The summed E-state index contributed by atoms with van der Waals surface area (Å²) in [6, 6.07) is 0. The van der Waals surface area contributed by atoms with E-state index in [1.807, 2.05) is 0 Å². The molecule has 2 heteroatoms. The molecule has 0 aromatic heterocycles. The summed E-state index contributed by atoms with van der Waals surface area (Å²) in [6.45, 7) is 0.647. The van der Waals surface area contributed by atoms with Crippen molar-refractivity contribution in [2.45, 2.75) is 37.0 Å². The molecule has 0 aromatic carbocycles. The monoisotopic (exact) mass is 147 g/mol. The zero-order valence-electron chi connectivity index (χ0n) is 5.70. The molecule has 1 nitrogen and oxygen atoms in total. The van der Waals surface area contributed by atoms with Crippen LogP contribution in [0.25, 0.3) is 0 Å². The van der Waals surface area contributed by atoms with Gasteiger partial charge in [0.2, 0.25) is 0 Å². The first-order valence-corrected chi connectivity index (χ1v) is 4.04. The predicted molar refractivity (Wildman–Crippen MR) is 40.7 cm³/mol. The molecular weight excluding hydrogens is 134 g/mol. The highest BCUT2D eigenvalue weighted by Crippen LogP contribution is 2.32. The fourth-order valence-corrected chi connectivity index (χ4v) is 1.66. The summed E-state index contributed by atoms with van der Waals surface area (Å²) < 4.78 is 0. The topological polar surface area (TPSA) is 26.0 Å². The lowest BCUT2D eigenvalue weighted by atomic mass is 9.89. The molecule has 9 heavy (non-hydrogen) atoms. The Morgan fingerprint density at radius 1 is 1.22 bits per heavy atom. The molecule has 0 saturated heterocycles. The lowest BCUT2D eigenvalue weighted by molar-refractivity contribution is 0.396. The van der Waals surface area contributed by atoms with E-state index in [0.29, 0.717) is 6.54 Å². The molecule has 1 rings (SSSR count). The maximum Gasteiger partial charge on any atom is 0.0568 e. The first-order chi connectivity index (χ1) is 4.27. The fourth-order valence-electron chi connectivity index (χ4n) is 1.39. The van der Waals surface area contributed by atoms with Crippen LogP contribution in [-0.2, 0) is 0 Å². The molecule has 0 atom stereocenters. The normalized spacial score (nSPS) is 26.0. The van der Waals surface area contributed by atoms with Gasteiger partial charge in [-0.15, -0.1) is 11.6 Å². The Kier molecular flexibility index (Phi) is 2.36. The van der Waals surface area contributed by atoms with Crippen LogP contribution in [0.5, 0.6) is 0 Å². The molecule has 1 aliphatic rings. The average molecular weight is 148 g/mol. The number of hydrogen-bond donors (Lipinski definition) is 1. The van der Waals surface area contributed by atoms with Gasteiger partial charge in [-0.3, -0.25) is 0 Å². The zero-order chi connectivity index (χ0) is 6.74. The first kappa shape index (κ1) is 7.36. The highest BCUT2D eigenvalue weighted by molar-refractivity contribution is 6.24. The number of halogens is 1. The molecule has 1 fully saturated rings. The van der Waals surface area contributed by atoms with Crippen molar-refractivity contribution in [3.63, 3.8) is 0 Å². The third-order valence-corrected chi connectivity index (χ3v) is 2.65. The van der Waals surface area contributed by atoms with Crippen molar-refractivity contribution in [3.8, 4) is 0 Å². The summed E-state index contributed by atoms with van der Waals surface area (Å²) in [5.74, 6) is 0. The van der Waals surface area contributed by atoms with Crippen LogP contribution in [0.1, 0.15) is 32.1 Å². The lowest BCUT2D eigenvalue weighted by Gasteiger charge is -2.29. The van der Waals surface area contributed by atoms with Gasteiger partial charge in [0.15, 0.2) is 0 Å². The molecule has 0 spiro atoms. The summed E-state index contributed by atoms with van der Waals surface area (Å²) in [4.78, 5) is -0.0295. The average Bonchev–Trinajstić information content (AvgIpc) is 1.90. The van der Waals surface area contributed by atoms with Crippen molar-refractivity contribution < 1.29 is 0 Å². The minimum absolute atomic E-state index is 0.0295. The van der Waals surface area contributed by atoms with Gasteiger partial charge in [0.1, 0.15) is 0 Å². The summed E-state index contributed by atoms with van der Waals surface area (Å²) in [5.41, 5.74) is 5.51. The summed E-state index contributed by atoms with van der Waals surface area (Å²) in [6.07, 6.45) is 6.10. The first-order valence-electron chi connectivity index (χ1n) is 3.66. The number of rotatable bonds is 1. The van der Waals surface area contributed by atoms with Gasteiger partial charge in [-0.25, -0.2) is 0 Å². The van der Waals surface area contributed by atoms with Crippen LogP contribution in [-0.4, -0.2) is 11.4 Å². The van der Waals surface area contributed by atoms with Crippen LogP contribution in [0.4, 0.5) is 0 Å². The van der Waals surface area contributed by atoms with Crippen molar-refractivity contribution in [2.24, 2.45) is 5.73 Å². The van der Waals surface area contributed by atoms with E-state index in [-0.39, 0.29) is 4.87 Å². The van der Waals surface area contributed by atoms with Crippen LogP contribution < -0.4 is 5.73 Å².